The first-order valence-corrected chi connectivity index (χ1v) is 3.41. The Morgan fingerprint density at radius 1 is 1.56 bits per heavy atom. The topological polar surface area (TPSA) is 12.5 Å². The van der Waals surface area contributed by atoms with Crippen molar-refractivity contribution < 1.29 is 4.74 Å². The lowest BCUT2D eigenvalue weighted by Gasteiger charge is -2.02. The molecular formula is C8H10O. The Hall–Kier alpha value is -0.560. The predicted molar refractivity (Wildman–Crippen MR) is 36.2 cm³/mol. The summed E-state index contributed by atoms with van der Waals surface area (Å²) >= 11 is 0. The fourth-order valence-corrected chi connectivity index (χ4v) is 1.32. The van der Waals surface area contributed by atoms with Gasteiger partial charge in [0.05, 0.1) is 0 Å². The highest BCUT2D eigenvalue weighted by molar-refractivity contribution is 5.30. The number of ether oxygens (including phenoxy) is 1. The van der Waals surface area contributed by atoms with Crippen LogP contribution in [0.5, 0.6) is 0 Å². The van der Waals surface area contributed by atoms with Crippen LogP contribution in [0, 0.1) is 0 Å². The highest BCUT2D eigenvalue weighted by Gasteiger charge is 2.51. The van der Waals surface area contributed by atoms with Crippen LogP contribution in [-0.2, 0) is 4.74 Å². The molecule has 2 rings (SSSR count). The van der Waals surface area contributed by atoms with E-state index in [1.54, 1.807) is 0 Å². The zero-order valence-electron chi connectivity index (χ0n) is 5.50. The molecule has 1 nitrogen and oxygen atoms in total. The molecule has 0 amide bonds. The van der Waals surface area contributed by atoms with Crippen molar-refractivity contribution in [3.8, 4) is 0 Å². The van der Waals surface area contributed by atoms with Crippen LogP contribution in [0.25, 0.3) is 0 Å². The summed E-state index contributed by atoms with van der Waals surface area (Å²) in [5, 5.41) is 0. The number of hydrogen-bond acceptors (Lipinski definition) is 1. The third-order valence-electron chi connectivity index (χ3n) is 2.10. The van der Waals surface area contributed by atoms with Gasteiger partial charge < -0.3 is 4.74 Å². The zero-order valence-corrected chi connectivity index (χ0v) is 5.50. The second kappa shape index (κ2) is 1.48. The lowest BCUT2D eigenvalue weighted by atomic mass is 9.98. The van der Waals surface area contributed by atoms with E-state index < -0.39 is 0 Å². The highest BCUT2D eigenvalue weighted by Crippen LogP contribution is 2.43. The van der Waals surface area contributed by atoms with Crippen molar-refractivity contribution in [2.45, 2.75) is 25.0 Å². The Balaban J connectivity index is 2.23. The summed E-state index contributed by atoms with van der Waals surface area (Å²) in [5.41, 5.74) is 0.120. The van der Waals surface area contributed by atoms with Crippen molar-refractivity contribution in [1.82, 2.24) is 0 Å². The van der Waals surface area contributed by atoms with E-state index in [9.17, 15) is 0 Å². The van der Waals surface area contributed by atoms with Gasteiger partial charge in [0.2, 0.25) is 0 Å². The van der Waals surface area contributed by atoms with Gasteiger partial charge in [0, 0.05) is 0 Å². The minimum absolute atomic E-state index is 0.120. The largest absolute Gasteiger partial charge is 0.357 e. The van der Waals surface area contributed by atoms with Crippen LogP contribution >= 0.6 is 0 Å². The molecule has 0 N–H and O–H groups in total. The predicted octanol–water partition coefficient (Wildman–Crippen LogP) is 1.66. The van der Waals surface area contributed by atoms with E-state index in [1.807, 2.05) is 6.08 Å². The van der Waals surface area contributed by atoms with Crippen molar-refractivity contribution in [1.29, 1.82) is 0 Å². The molecule has 1 unspecified atom stereocenters. The molecule has 2 aliphatic rings. The van der Waals surface area contributed by atoms with E-state index in [-0.39, 0.29) is 5.60 Å². The van der Waals surface area contributed by atoms with E-state index >= 15 is 0 Å². The van der Waals surface area contributed by atoms with Gasteiger partial charge in [-0.05, 0) is 12.5 Å². The van der Waals surface area contributed by atoms with Crippen molar-refractivity contribution >= 4 is 0 Å². The van der Waals surface area contributed by atoms with Gasteiger partial charge in [0.1, 0.15) is 11.7 Å². The quantitative estimate of drug-likeness (QED) is 0.482. The van der Waals surface area contributed by atoms with E-state index in [0.29, 0.717) is 6.10 Å². The number of hydrogen-bond donors (Lipinski definition) is 0. The zero-order chi connectivity index (χ0) is 6.32. The average Bonchev–Trinajstić information content (AvgIpc) is 2.62. The van der Waals surface area contributed by atoms with Crippen molar-refractivity contribution in [3.05, 3.63) is 24.3 Å². The summed E-state index contributed by atoms with van der Waals surface area (Å²) in [6.45, 7) is 2.16. The number of rotatable bonds is 1. The standard InChI is InChI=1S/C8H10O/c1-2-8-6-4-3-5-7(8)9-8/h3-7H,2H2,1H3/t7?,8-/m1/s1. The molecule has 1 saturated heterocycles. The van der Waals surface area contributed by atoms with Crippen LogP contribution < -0.4 is 0 Å². The molecule has 1 aliphatic carbocycles. The van der Waals surface area contributed by atoms with Gasteiger partial charge in [0.15, 0.2) is 0 Å². The SMILES string of the molecule is CC[C@@]12C=CC=CC1O2. The monoisotopic (exact) mass is 122 g/mol. The summed E-state index contributed by atoms with van der Waals surface area (Å²) in [7, 11) is 0. The number of allylic oxidation sites excluding steroid dienone is 2. The van der Waals surface area contributed by atoms with E-state index in [4.69, 9.17) is 4.74 Å². The molecule has 0 aromatic carbocycles. The van der Waals surface area contributed by atoms with Gasteiger partial charge in [-0.1, -0.05) is 25.2 Å². The van der Waals surface area contributed by atoms with Gasteiger partial charge >= 0.3 is 0 Å². The van der Waals surface area contributed by atoms with E-state index in [0.717, 1.165) is 6.42 Å². The molecule has 0 radical (unpaired) electrons. The first-order chi connectivity index (χ1) is 4.37. The summed E-state index contributed by atoms with van der Waals surface area (Å²) in [6.07, 6.45) is 9.87. The van der Waals surface area contributed by atoms with E-state index in [2.05, 4.69) is 25.2 Å². The molecular weight excluding hydrogens is 112 g/mol. The van der Waals surface area contributed by atoms with Gasteiger partial charge in [-0.25, -0.2) is 0 Å². The summed E-state index contributed by atoms with van der Waals surface area (Å²) < 4.78 is 5.44. The molecule has 2 atom stereocenters. The van der Waals surface area contributed by atoms with Crippen LogP contribution in [0.15, 0.2) is 24.3 Å². The van der Waals surface area contributed by atoms with Crippen LogP contribution in [-0.4, -0.2) is 11.7 Å². The normalized spacial score (nSPS) is 44.8. The third kappa shape index (κ3) is 0.583. The maximum atomic E-state index is 5.44. The second-order valence-corrected chi connectivity index (χ2v) is 2.59. The van der Waals surface area contributed by atoms with E-state index in [1.165, 1.54) is 0 Å². The maximum absolute atomic E-state index is 5.44. The lowest BCUT2D eigenvalue weighted by molar-refractivity contribution is 0.335. The smallest absolute Gasteiger partial charge is 0.117 e. The van der Waals surface area contributed by atoms with Crippen LogP contribution in [0.4, 0.5) is 0 Å². The first kappa shape index (κ1) is 5.24. The highest BCUT2D eigenvalue weighted by atomic mass is 16.6. The van der Waals surface area contributed by atoms with Crippen LogP contribution in [0.1, 0.15) is 13.3 Å². The Labute approximate surface area is 55.0 Å². The fourth-order valence-electron chi connectivity index (χ4n) is 1.32. The minimum atomic E-state index is 0.120. The molecule has 1 aliphatic heterocycles. The Bertz CT molecular complexity index is 181. The molecule has 1 heteroatoms. The molecule has 1 heterocycles. The Kier molecular flexibility index (Phi) is 0.862. The van der Waals surface area contributed by atoms with Gasteiger partial charge in [-0.3, -0.25) is 0 Å². The second-order valence-electron chi connectivity index (χ2n) is 2.59. The van der Waals surface area contributed by atoms with Crippen LogP contribution in [0.3, 0.4) is 0 Å². The molecule has 9 heavy (non-hydrogen) atoms. The van der Waals surface area contributed by atoms with Gasteiger partial charge in [0.25, 0.3) is 0 Å². The first-order valence-electron chi connectivity index (χ1n) is 3.41. The average molecular weight is 122 g/mol. The lowest BCUT2D eigenvalue weighted by Crippen LogP contribution is -2.09. The summed E-state index contributed by atoms with van der Waals surface area (Å²) in [5.74, 6) is 0. The molecule has 0 saturated carbocycles. The van der Waals surface area contributed by atoms with Gasteiger partial charge in [-0.15, -0.1) is 0 Å². The van der Waals surface area contributed by atoms with Crippen molar-refractivity contribution in [2.75, 3.05) is 0 Å². The number of fused-ring (bicyclic) bond motifs is 1. The van der Waals surface area contributed by atoms with Gasteiger partial charge in [-0.2, -0.15) is 0 Å². The van der Waals surface area contributed by atoms with Crippen molar-refractivity contribution in [3.63, 3.8) is 0 Å². The minimum Gasteiger partial charge on any atom is -0.357 e. The molecule has 0 spiro atoms. The Morgan fingerprint density at radius 3 is 3.00 bits per heavy atom. The molecule has 0 bridgehead atoms. The summed E-state index contributed by atoms with van der Waals surface area (Å²) in [6, 6.07) is 0. The Morgan fingerprint density at radius 2 is 2.44 bits per heavy atom. The molecule has 0 aromatic heterocycles. The molecule has 48 valence electrons. The third-order valence-corrected chi connectivity index (χ3v) is 2.10. The molecule has 0 aromatic rings. The van der Waals surface area contributed by atoms with Crippen molar-refractivity contribution in [2.24, 2.45) is 0 Å². The summed E-state index contributed by atoms with van der Waals surface area (Å²) in [4.78, 5) is 0. The molecule has 1 fully saturated rings. The van der Waals surface area contributed by atoms with Crippen LogP contribution in [0.2, 0.25) is 0 Å². The number of epoxide rings is 1. The fraction of sp³-hybridized carbons (Fsp3) is 0.500. The maximum Gasteiger partial charge on any atom is 0.117 e.